The van der Waals surface area contributed by atoms with Gasteiger partial charge in [0.1, 0.15) is 4.88 Å². The van der Waals surface area contributed by atoms with Crippen molar-refractivity contribution < 1.29 is 14.3 Å². The molecule has 2 aromatic rings. The lowest BCUT2D eigenvalue weighted by Gasteiger charge is -2.20. The molecule has 2 heterocycles. The molecule has 1 aliphatic rings. The third-order valence-corrected chi connectivity index (χ3v) is 5.16. The SMILES string of the molecule is Cc1ccc(-c2ccsc2C(=O)O[C@@H](C)C(=O)N2CCCC2)cc1. The first-order chi connectivity index (χ1) is 11.6. The van der Waals surface area contributed by atoms with Gasteiger partial charge in [-0.2, -0.15) is 0 Å². The van der Waals surface area contributed by atoms with Crippen LogP contribution in [0.15, 0.2) is 35.7 Å². The number of hydrogen-bond acceptors (Lipinski definition) is 4. The zero-order valence-electron chi connectivity index (χ0n) is 14.0. The maximum absolute atomic E-state index is 12.5. The summed E-state index contributed by atoms with van der Waals surface area (Å²) in [7, 11) is 0. The van der Waals surface area contributed by atoms with Gasteiger partial charge in [-0.3, -0.25) is 4.79 Å². The van der Waals surface area contributed by atoms with Crippen molar-refractivity contribution in [2.75, 3.05) is 13.1 Å². The number of nitrogens with zero attached hydrogens (tertiary/aromatic N) is 1. The van der Waals surface area contributed by atoms with Crippen LogP contribution in [0.1, 0.15) is 35.0 Å². The Hall–Kier alpha value is -2.14. The van der Waals surface area contributed by atoms with E-state index in [9.17, 15) is 9.59 Å². The van der Waals surface area contributed by atoms with Gasteiger partial charge in [-0.05, 0) is 43.7 Å². The van der Waals surface area contributed by atoms with Crippen molar-refractivity contribution in [1.29, 1.82) is 0 Å². The van der Waals surface area contributed by atoms with Crippen LogP contribution in [-0.2, 0) is 9.53 Å². The summed E-state index contributed by atoms with van der Waals surface area (Å²) in [5.41, 5.74) is 3.00. The quantitative estimate of drug-likeness (QED) is 0.791. The van der Waals surface area contributed by atoms with Gasteiger partial charge in [0.2, 0.25) is 0 Å². The fourth-order valence-electron chi connectivity index (χ4n) is 2.89. The van der Waals surface area contributed by atoms with Crippen molar-refractivity contribution in [2.45, 2.75) is 32.8 Å². The Labute approximate surface area is 146 Å². The van der Waals surface area contributed by atoms with E-state index in [2.05, 4.69) is 0 Å². The number of carbonyl (C=O) groups is 2. The largest absolute Gasteiger partial charge is 0.448 e. The van der Waals surface area contributed by atoms with Crippen LogP contribution in [0.4, 0.5) is 0 Å². The van der Waals surface area contributed by atoms with E-state index < -0.39 is 12.1 Å². The zero-order valence-corrected chi connectivity index (χ0v) is 14.8. The van der Waals surface area contributed by atoms with Crippen molar-refractivity contribution in [2.24, 2.45) is 0 Å². The van der Waals surface area contributed by atoms with E-state index in [1.165, 1.54) is 16.9 Å². The molecule has 0 radical (unpaired) electrons. The fraction of sp³-hybridized carbons (Fsp3) is 0.368. The lowest BCUT2D eigenvalue weighted by molar-refractivity contribution is -0.138. The Morgan fingerprint density at radius 1 is 1.12 bits per heavy atom. The predicted octanol–water partition coefficient (Wildman–Crippen LogP) is 3.89. The number of benzene rings is 1. The molecule has 0 N–H and O–H groups in total. The van der Waals surface area contributed by atoms with Gasteiger partial charge < -0.3 is 9.64 Å². The highest BCUT2D eigenvalue weighted by Gasteiger charge is 2.27. The van der Waals surface area contributed by atoms with Crippen LogP contribution in [-0.4, -0.2) is 36.0 Å². The molecule has 4 nitrogen and oxygen atoms in total. The maximum Gasteiger partial charge on any atom is 0.349 e. The van der Waals surface area contributed by atoms with E-state index in [4.69, 9.17) is 4.74 Å². The van der Waals surface area contributed by atoms with Crippen LogP contribution in [0.2, 0.25) is 0 Å². The second-order valence-electron chi connectivity index (χ2n) is 6.11. The molecule has 1 aromatic carbocycles. The van der Waals surface area contributed by atoms with Gasteiger partial charge >= 0.3 is 5.97 Å². The molecule has 5 heteroatoms. The Balaban J connectivity index is 1.72. The minimum Gasteiger partial charge on any atom is -0.448 e. The van der Waals surface area contributed by atoms with Gasteiger partial charge in [0.15, 0.2) is 6.10 Å². The minimum atomic E-state index is -0.747. The van der Waals surface area contributed by atoms with Gasteiger partial charge in [0, 0.05) is 18.7 Å². The minimum absolute atomic E-state index is 0.103. The molecule has 0 unspecified atom stereocenters. The maximum atomic E-state index is 12.5. The smallest absolute Gasteiger partial charge is 0.349 e. The normalized spacial score (nSPS) is 15.3. The zero-order chi connectivity index (χ0) is 17.1. The summed E-state index contributed by atoms with van der Waals surface area (Å²) in [4.78, 5) is 27.1. The van der Waals surface area contributed by atoms with Crippen molar-refractivity contribution >= 4 is 23.2 Å². The van der Waals surface area contributed by atoms with Gasteiger partial charge in [0.25, 0.3) is 5.91 Å². The van der Waals surface area contributed by atoms with E-state index in [1.54, 1.807) is 11.8 Å². The summed E-state index contributed by atoms with van der Waals surface area (Å²) < 4.78 is 5.44. The fourth-order valence-corrected chi connectivity index (χ4v) is 3.68. The Morgan fingerprint density at radius 3 is 2.46 bits per heavy atom. The van der Waals surface area contributed by atoms with Crippen LogP contribution >= 0.6 is 11.3 Å². The average molecular weight is 343 g/mol. The van der Waals surface area contributed by atoms with Crippen molar-refractivity contribution in [3.05, 3.63) is 46.2 Å². The first-order valence-corrected chi connectivity index (χ1v) is 9.08. The Morgan fingerprint density at radius 2 is 1.79 bits per heavy atom. The Kier molecular flexibility index (Phi) is 5.00. The van der Waals surface area contributed by atoms with E-state index >= 15 is 0 Å². The van der Waals surface area contributed by atoms with E-state index in [-0.39, 0.29) is 5.91 Å². The second-order valence-corrected chi connectivity index (χ2v) is 7.03. The second kappa shape index (κ2) is 7.18. The van der Waals surface area contributed by atoms with E-state index in [0.29, 0.717) is 4.88 Å². The van der Waals surface area contributed by atoms with Crippen molar-refractivity contribution in [1.82, 2.24) is 4.90 Å². The van der Waals surface area contributed by atoms with Crippen LogP contribution < -0.4 is 0 Å². The van der Waals surface area contributed by atoms with E-state index in [1.807, 2.05) is 42.6 Å². The third-order valence-electron chi connectivity index (χ3n) is 4.26. The van der Waals surface area contributed by atoms with Crippen LogP contribution in [0.3, 0.4) is 0 Å². The summed E-state index contributed by atoms with van der Waals surface area (Å²) >= 11 is 1.34. The van der Waals surface area contributed by atoms with Crippen LogP contribution in [0.5, 0.6) is 0 Å². The number of amides is 1. The van der Waals surface area contributed by atoms with Crippen molar-refractivity contribution in [3.8, 4) is 11.1 Å². The molecule has 1 amide bonds. The van der Waals surface area contributed by atoms with Gasteiger partial charge in [-0.1, -0.05) is 29.8 Å². The molecule has 0 spiro atoms. The summed E-state index contributed by atoms with van der Waals surface area (Å²) in [6, 6.07) is 9.93. The molecule has 1 aliphatic heterocycles. The molecule has 1 saturated heterocycles. The molecule has 1 aromatic heterocycles. The lowest BCUT2D eigenvalue weighted by Crippen LogP contribution is -2.38. The summed E-state index contributed by atoms with van der Waals surface area (Å²) in [5, 5.41) is 1.87. The van der Waals surface area contributed by atoms with Gasteiger partial charge in [-0.25, -0.2) is 4.79 Å². The van der Waals surface area contributed by atoms with Crippen LogP contribution in [0, 0.1) is 6.92 Å². The molecule has 0 bridgehead atoms. The average Bonchev–Trinajstić information content (AvgIpc) is 3.26. The van der Waals surface area contributed by atoms with E-state index in [0.717, 1.165) is 37.1 Å². The highest BCUT2D eigenvalue weighted by molar-refractivity contribution is 7.12. The van der Waals surface area contributed by atoms with Gasteiger partial charge in [-0.15, -0.1) is 11.3 Å². The van der Waals surface area contributed by atoms with Crippen LogP contribution in [0.25, 0.3) is 11.1 Å². The first kappa shape index (κ1) is 16.7. The number of ether oxygens (including phenoxy) is 1. The monoisotopic (exact) mass is 343 g/mol. The third kappa shape index (κ3) is 3.51. The first-order valence-electron chi connectivity index (χ1n) is 8.20. The molecule has 1 fully saturated rings. The molecule has 3 rings (SSSR count). The molecular weight excluding hydrogens is 322 g/mol. The molecule has 0 saturated carbocycles. The standard InChI is InChI=1S/C19H21NO3S/c1-13-5-7-15(8-6-13)16-9-12-24-17(16)19(22)23-14(2)18(21)20-10-3-4-11-20/h5-9,12,14H,3-4,10-11H2,1-2H3/t14-/m0/s1. The molecule has 0 aliphatic carbocycles. The number of aryl methyl sites for hydroxylation is 1. The number of carbonyl (C=O) groups excluding carboxylic acids is 2. The van der Waals surface area contributed by atoms with Gasteiger partial charge in [0.05, 0.1) is 0 Å². The predicted molar refractivity (Wildman–Crippen MR) is 95.2 cm³/mol. The topological polar surface area (TPSA) is 46.6 Å². The number of hydrogen-bond donors (Lipinski definition) is 0. The summed E-state index contributed by atoms with van der Waals surface area (Å²) in [6.45, 7) is 5.19. The highest BCUT2D eigenvalue weighted by atomic mass is 32.1. The summed E-state index contributed by atoms with van der Waals surface area (Å²) in [5.74, 6) is -0.532. The molecule has 1 atom stereocenters. The number of rotatable bonds is 4. The number of esters is 1. The number of thiophene rings is 1. The lowest BCUT2D eigenvalue weighted by atomic mass is 10.1. The van der Waals surface area contributed by atoms with Crippen molar-refractivity contribution in [3.63, 3.8) is 0 Å². The molecular formula is C19H21NO3S. The molecule has 126 valence electrons. The highest BCUT2D eigenvalue weighted by Crippen LogP contribution is 2.29. The number of likely N-dealkylation sites (tertiary alicyclic amines) is 1. The molecule has 24 heavy (non-hydrogen) atoms. The Bertz CT molecular complexity index is 729. The summed E-state index contributed by atoms with van der Waals surface area (Å²) in [6.07, 6.45) is 1.30.